The average Bonchev–Trinajstić information content (AvgIpc) is 2.57. The molecule has 6 unspecified atom stereocenters. The molecule has 0 aliphatic carbocycles. The summed E-state index contributed by atoms with van der Waals surface area (Å²) >= 11 is 0. The predicted octanol–water partition coefficient (Wildman–Crippen LogP) is 1.85. The monoisotopic (exact) mass is 568 g/mol. The van der Waals surface area contributed by atoms with Gasteiger partial charge in [0.1, 0.15) is 0 Å². The molecule has 0 radical (unpaired) electrons. The Morgan fingerprint density at radius 2 is 0.645 bits per heavy atom. The molecule has 184 valence electrons. The minimum atomic E-state index is -3.57. The Morgan fingerprint density at radius 3 is 1.00 bits per heavy atom. The van der Waals surface area contributed by atoms with Crippen LogP contribution in [-0.2, 0) is 50.6 Å². The van der Waals surface area contributed by atoms with E-state index < -0.39 is 61.4 Å². The van der Waals surface area contributed by atoms with E-state index in [4.69, 9.17) is 50.6 Å². The average molecular weight is 569 g/mol. The van der Waals surface area contributed by atoms with E-state index in [1.165, 1.54) is 28.4 Å². The molecule has 12 nitrogen and oxygen atoms in total. The van der Waals surface area contributed by atoms with Gasteiger partial charge < -0.3 is 50.6 Å². The molecular formula is C12H36O12Si7. The molecule has 2 fully saturated rings. The van der Waals surface area contributed by atoms with Crippen LogP contribution in [0.5, 0.6) is 0 Å². The molecule has 19 heteroatoms. The maximum atomic E-state index is 6.49. The summed E-state index contributed by atoms with van der Waals surface area (Å²) in [5.74, 6) is 0. The maximum absolute atomic E-state index is 6.49. The molecule has 2 bridgehead atoms. The first-order chi connectivity index (χ1) is 13.9. The predicted molar refractivity (Wildman–Crippen MR) is 124 cm³/mol. The first-order valence-electron chi connectivity index (χ1n) is 9.72. The summed E-state index contributed by atoms with van der Waals surface area (Å²) in [7, 11) is -17.1. The van der Waals surface area contributed by atoms with E-state index in [-0.39, 0.29) is 0 Å². The van der Waals surface area contributed by atoms with Gasteiger partial charge in [-0.2, -0.15) is 0 Å². The van der Waals surface area contributed by atoms with Crippen LogP contribution >= 0.6 is 0 Å². The van der Waals surface area contributed by atoms with E-state index in [9.17, 15) is 0 Å². The van der Waals surface area contributed by atoms with Crippen molar-refractivity contribution in [3.63, 3.8) is 0 Å². The van der Waals surface area contributed by atoms with Crippen molar-refractivity contribution >= 4 is 61.4 Å². The van der Waals surface area contributed by atoms with Gasteiger partial charge in [0.25, 0.3) is 0 Å². The van der Waals surface area contributed by atoms with E-state index in [0.29, 0.717) is 0 Å². The summed E-state index contributed by atoms with van der Waals surface area (Å²) in [5.41, 5.74) is 0. The summed E-state index contributed by atoms with van der Waals surface area (Å²) in [4.78, 5) is 0. The topological polar surface area (TPSA) is 111 Å². The molecule has 2 rings (SSSR count). The van der Waals surface area contributed by atoms with E-state index in [1.807, 2.05) is 13.1 Å². The summed E-state index contributed by atoms with van der Waals surface area (Å²) in [6, 6.07) is 0. The van der Waals surface area contributed by atoms with Gasteiger partial charge in [-0.05, 0) is 13.1 Å². The zero-order valence-corrected chi connectivity index (χ0v) is 27.4. The lowest BCUT2D eigenvalue weighted by Crippen LogP contribution is -2.75. The summed E-state index contributed by atoms with van der Waals surface area (Å²) in [5, 5.41) is 0. The number of fused-ring (bicyclic) bond motifs is 2. The highest BCUT2D eigenvalue weighted by Crippen LogP contribution is 2.37. The Labute approximate surface area is 192 Å². The van der Waals surface area contributed by atoms with Crippen molar-refractivity contribution in [1.82, 2.24) is 0 Å². The van der Waals surface area contributed by atoms with Crippen molar-refractivity contribution < 1.29 is 50.6 Å². The molecule has 6 atom stereocenters. The molecule has 0 aromatic carbocycles. The zero-order chi connectivity index (χ0) is 24.0. The smallest absolute Gasteiger partial charge is 0.395 e. The normalized spacial score (nSPS) is 49.2. The van der Waals surface area contributed by atoms with Crippen molar-refractivity contribution in [1.29, 1.82) is 0 Å². The highest BCUT2D eigenvalue weighted by Gasteiger charge is 2.66. The summed E-state index contributed by atoms with van der Waals surface area (Å²) < 4.78 is 73.7. The van der Waals surface area contributed by atoms with Crippen molar-refractivity contribution in [3.8, 4) is 0 Å². The van der Waals surface area contributed by atoms with Crippen LogP contribution in [0.3, 0.4) is 0 Å². The van der Waals surface area contributed by atoms with Gasteiger partial charge in [-0.1, -0.05) is 0 Å². The van der Waals surface area contributed by atoms with Gasteiger partial charge in [-0.3, -0.25) is 0 Å². The number of rotatable bonds is 4. The number of hydrogen-bond acceptors (Lipinski definition) is 12. The van der Waals surface area contributed by atoms with Gasteiger partial charge in [-0.25, -0.2) is 0 Å². The van der Waals surface area contributed by atoms with Gasteiger partial charge in [0.05, 0.1) is 0 Å². The van der Waals surface area contributed by atoms with E-state index >= 15 is 0 Å². The van der Waals surface area contributed by atoms with Crippen molar-refractivity contribution in [2.45, 2.75) is 52.4 Å². The largest absolute Gasteiger partial charge is 0.482 e. The first kappa shape index (κ1) is 28.3. The third-order valence-corrected chi connectivity index (χ3v) is 32.2. The minimum absolute atomic E-state index is 1.50. The molecule has 2 aliphatic heterocycles. The van der Waals surface area contributed by atoms with Crippen LogP contribution < -0.4 is 0 Å². The fourth-order valence-corrected chi connectivity index (χ4v) is 35.4. The Balaban J connectivity index is 2.67. The Bertz CT molecular complexity index is 665. The van der Waals surface area contributed by atoms with Crippen LogP contribution in [0.1, 0.15) is 0 Å². The first-order valence-corrected chi connectivity index (χ1v) is 25.9. The summed E-state index contributed by atoms with van der Waals surface area (Å²) in [6.07, 6.45) is 0. The number of hydrogen-bond donors (Lipinski definition) is 0. The molecule has 2 aliphatic rings. The second-order valence-electron chi connectivity index (χ2n) is 8.21. The Morgan fingerprint density at radius 1 is 0.355 bits per heavy atom. The van der Waals surface area contributed by atoms with E-state index in [1.54, 1.807) is 39.3 Å². The van der Waals surface area contributed by atoms with Gasteiger partial charge in [0, 0.05) is 67.7 Å². The molecule has 2 saturated heterocycles. The molecule has 0 N–H and O–H groups in total. The molecular weight excluding hydrogens is 533 g/mol. The van der Waals surface area contributed by atoms with Crippen LogP contribution in [0.25, 0.3) is 0 Å². The van der Waals surface area contributed by atoms with Crippen molar-refractivity contribution in [3.05, 3.63) is 0 Å². The van der Waals surface area contributed by atoms with Crippen molar-refractivity contribution in [2.24, 2.45) is 0 Å². The third kappa shape index (κ3) is 7.02. The lowest BCUT2D eigenvalue weighted by atomic mass is 11.8. The van der Waals surface area contributed by atoms with E-state index in [0.717, 1.165) is 0 Å². The van der Waals surface area contributed by atoms with Crippen LogP contribution in [0.15, 0.2) is 0 Å². The minimum Gasteiger partial charge on any atom is -0.395 e. The SMILES string of the molecule is CO[Si]1(C)O[Si](C)(C)O[Si]2(C)O[Si](C)(OC)O[Si](C)(OC)O[Si](C)(OC)O[Si](C)(O1)O2. The third-order valence-electron chi connectivity index (χ3n) is 4.57. The molecule has 0 aromatic rings. The summed E-state index contributed by atoms with van der Waals surface area (Å²) in [6.45, 7) is 14.2. The van der Waals surface area contributed by atoms with Crippen LogP contribution in [0, 0.1) is 0 Å². The maximum Gasteiger partial charge on any atom is 0.482 e. The standard InChI is InChI=1S/C12H36O12Si7/c1-13-26(7)17-25(5,6)18-30(11)22-28(9,15-3)19-27(8,14-2)20-29(10,16-4)23-31(12,21-26)24-30/h1-12H3. The molecule has 0 spiro atoms. The lowest BCUT2D eigenvalue weighted by Gasteiger charge is -2.50. The Kier molecular flexibility index (Phi) is 8.43. The van der Waals surface area contributed by atoms with E-state index in [2.05, 4.69) is 0 Å². The molecule has 0 saturated carbocycles. The zero-order valence-electron chi connectivity index (χ0n) is 20.4. The van der Waals surface area contributed by atoms with Crippen LogP contribution in [-0.4, -0.2) is 89.8 Å². The quantitative estimate of drug-likeness (QED) is 0.461. The highest BCUT2D eigenvalue weighted by molar-refractivity contribution is 6.94. The second-order valence-corrected chi connectivity index (χ2v) is 29.5. The second kappa shape index (κ2) is 9.25. The van der Waals surface area contributed by atoms with Gasteiger partial charge in [0.2, 0.25) is 0 Å². The Hall–Kier alpha value is 1.04. The molecule has 0 amide bonds. The molecule has 31 heavy (non-hydrogen) atoms. The van der Waals surface area contributed by atoms with Gasteiger partial charge in [-0.15, -0.1) is 0 Å². The fraction of sp³-hybridized carbons (Fsp3) is 1.00. The van der Waals surface area contributed by atoms with Gasteiger partial charge >= 0.3 is 61.4 Å². The fourth-order valence-electron chi connectivity index (χ4n) is 3.48. The van der Waals surface area contributed by atoms with Gasteiger partial charge in [0.15, 0.2) is 0 Å². The molecule has 2 heterocycles. The molecule has 0 aromatic heterocycles. The van der Waals surface area contributed by atoms with Crippen LogP contribution in [0.2, 0.25) is 52.4 Å². The van der Waals surface area contributed by atoms with Crippen molar-refractivity contribution in [2.75, 3.05) is 28.4 Å². The van der Waals surface area contributed by atoms with Crippen LogP contribution in [0.4, 0.5) is 0 Å². The highest BCUT2D eigenvalue weighted by atomic mass is 28.6. The lowest BCUT2D eigenvalue weighted by molar-refractivity contribution is 0.0434.